The summed E-state index contributed by atoms with van der Waals surface area (Å²) >= 11 is 9.28. The number of aromatic carboxylic acids is 1. The fraction of sp³-hybridized carbons (Fsp3) is 0.190. The largest absolute Gasteiger partial charge is 0.476 e. The third-order valence-corrected chi connectivity index (χ3v) is 5.35. The number of nitrogens with zero attached hydrogens (tertiary/aromatic N) is 3. The van der Waals surface area contributed by atoms with E-state index in [1.807, 2.05) is 13.8 Å². The molecular weight excluding hydrogens is 475 g/mol. The Bertz CT molecular complexity index is 1140. The maximum Gasteiger partial charge on any atom is 0.356 e. The number of hydrogen-bond donors (Lipinski definition) is 2. The summed E-state index contributed by atoms with van der Waals surface area (Å²) in [7, 11) is 0. The Balaban J connectivity index is 2.22. The van der Waals surface area contributed by atoms with Crippen LogP contribution < -0.4 is 5.32 Å². The summed E-state index contributed by atoms with van der Waals surface area (Å²) < 4.78 is 15.8. The van der Waals surface area contributed by atoms with Gasteiger partial charge in [-0.3, -0.25) is 0 Å². The van der Waals surface area contributed by atoms with Crippen LogP contribution in [-0.4, -0.2) is 20.6 Å². The van der Waals surface area contributed by atoms with Crippen molar-refractivity contribution in [3.8, 4) is 6.07 Å². The number of carbonyl (C=O) groups is 1. The van der Waals surface area contributed by atoms with E-state index in [1.165, 1.54) is 18.2 Å². The van der Waals surface area contributed by atoms with E-state index in [0.717, 1.165) is 0 Å². The molecule has 0 aliphatic heterocycles. The topological polar surface area (TPSA) is 90.9 Å². The van der Waals surface area contributed by atoms with E-state index in [-0.39, 0.29) is 16.8 Å². The van der Waals surface area contributed by atoms with Crippen molar-refractivity contribution in [3.05, 3.63) is 80.6 Å². The molecule has 1 aromatic heterocycles. The third-order valence-electron chi connectivity index (χ3n) is 4.50. The van der Waals surface area contributed by atoms with Gasteiger partial charge in [0.1, 0.15) is 5.82 Å². The highest BCUT2D eigenvalue weighted by atomic mass is 79.9. The van der Waals surface area contributed by atoms with E-state index in [0.29, 0.717) is 27.2 Å². The van der Waals surface area contributed by atoms with Gasteiger partial charge >= 0.3 is 5.97 Å². The van der Waals surface area contributed by atoms with Crippen LogP contribution in [0.1, 0.15) is 53.2 Å². The average Bonchev–Trinajstić information content (AvgIpc) is 3.06. The third kappa shape index (κ3) is 4.32. The lowest BCUT2D eigenvalue weighted by molar-refractivity contribution is 0.0689. The van der Waals surface area contributed by atoms with Crippen LogP contribution >= 0.6 is 27.5 Å². The lowest BCUT2D eigenvalue weighted by Crippen LogP contribution is -2.21. The molecule has 0 aliphatic rings. The summed E-state index contributed by atoms with van der Waals surface area (Å²) in [6.07, 6.45) is 0. The Hall–Kier alpha value is -2.89. The van der Waals surface area contributed by atoms with Gasteiger partial charge in [-0.2, -0.15) is 5.26 Å². The van der Waals surface area contributed by atoms with Crippen LogP contribution in [0.3, 0.4) is 0 Å². The molecule has 6 nitrogen and oxygen atoms in total. The van der Waals surface area contributed by atoms with Crippen molar-refractivity contribution in [1.29, 1.82) is 5.26 Å². The molecule has 1 heterocycles. The highest BCUT2D eigenvalue weighted by Gasteiger charge is 2.30. The van der Waals surface area contributed by atoms with E-state index in [1.54, 1.807) is 28.8 Å². The second kappa shape index (κ2) is 8.86. The Kier molecular flexibility index (Phi) is 6.44. The van der Waals surface area contributed by atoms with Crippen molar-refractivity contribution < 1.29 is 14.3 Å². The molecule has 0 saturated heterocycles. The maximum absolute atomic E-state index is 13.6. The number of aromatic nitrogens is 2. The molecule has 3 rings (SSSR count). The molecule has 0 aliphatic carbocycles. The standard InChI is InChI=1S/C21H17BrClFN4O2/c1-11(2)28-19(18(20(29)30)27-21(28)22)17(13-5-3-12(10-25)4-6-13)26-14-7-8-16(24)15(23)9-14/h3-9,11,17,26H,1-2H3,(H,29,30). The molecule has 0 spiro atoms. The molecule has 0 bridgehead atoms. The highest BCUT2D eigenvalue weighted by Crippen LogP contribution is 2.34. The van der Waals surface area contributed by atoms with E-state index in [4.69, 9.17) is 16.9 Å². The van der Waals surface area contributed by atoms with Gasteiger partial charge in [0.2, 0.25) is 0 Å². The lowest BCUT2D eigenvalue weighted by Gasteiger charge is -2.25. The van der Waals surface area contributed by atoms with Gasteiger partial charge in [-0.15, -0.1) is 0 Å². The van der Waals surface area contributed by atoms with Gasteiger partial charge in [-0.1, -0.05) is 23.7 Å². The van der Waals surface area contributed by atoms with E-state index < -0.39 is 17.8 Å². The summed E-state index contributed by atoms with van der Waals surface area (Å²) in [5.41, 5.74) is 1.96. The van der Waals surface area contributed by atoms with E-state index in [9.17, 15) is 14.3 Å². The van der Waals surface area contributed by atoms with Gasteiger partial charge in [0, 0.05) is 11.7 Å². The quantitative estimate of drug-likeness (QED) is 0.455. The average molecular weight is 492 g/mol. The molecule has 154 valence electrons. The Morgan fingerprint density at radius 2 is 1.97 bits per heavy atom. The number of imidazole rings is 1. The molecule has 2 aromatic carbocycles. The Morgan fingerprint density at radius 3 is 2.50 bits per heavy atom. The zero-order valence-electron chi connectivity index (χ0n) is 16.0. The second-order valence-electron chi connectivity index (χ2n) is 6.82. The monoisotopic (exact) mass is 490 g/mol. The first kappa shape index (κ1) is 21.8. The zero-order valence-corrected chi connectivity index (χ0v) is 18.4. The number of carboxylic acid groups (broad SMARTS) is 1. The minimum Gasteiger partial charge on any atom is -0.476 e. The van der Waals surface area contributed by atoms with Gasteiger partial charge < -0.3 is 15.0 Å². The molecule has 1 atom stereocenters. The van der Waals surface area contributed by atoms with Gasteiger partial charge in [-0.05, 0) is 65.7 Å². The van der Waals surface area contributed by atoms with Crippen molar-refractivity contribution in [1.82, 2.24) is 9.55 Å². The maximum atomic E-state index is 13.6. The summed E-state index contributed by atoms with van der Waals surface area (Å²) in [5.74, 6) is -1.74. The predicted molar refractivity (Wildman–Crippen MR) is 115 cm³/mol. The van der Waals surface area contributed by atoms with Crippen LogP contribution in [0.4, 0.5) is 10.1 Å². The number of halogens is 3. The summed E-state index contributed by atoms with van der Waals surface area (Å²) in [6, 6.07) is 12.2. The van der Waals surface area contributed by atoms with Crippen LogP contribution in [-0.2, 0) is 0 Å². The van der Waals surface area contributed by atoms with Crippen LogP contribution in [0, 0.1) is 17.1 Å². The molecule has 0 fully saturated rings. The SMILES string of the molecule is CC(C)n1c(Br)nc(C(=O)O)c1C(Nc1ccc(F)c(Cl)c1)c1ccc(C#N)cc1. The highest BCUT2D eigenvalue weighted by molar-refractivity contribution is 9.10. The smallest absolute Gasteiger partial charge is 0.356 e. The van der Waals surface area contributed by atoms with Crippen molar-refractivity contribution in [3.63, 3.8) is 0 Å². The van der Waals surface area contributed by atoms with Crippen LogP contribution in [0.15, 0.2) is 47.2 Å². The number of carboxylic acids is 1. The van der Waals surface area contributed by atoms with Gasteiger partial charge in [0.05, 0.1) is 28.4 Å². The molecule has 0 radical (unpaired) electrons. The molecule has 0 saturated carbocycles. The molecule has 1 unspecified atom stereocenters. The Morgan fingerprint density at radius 1 is 1.30 bits per heavy atom. The number of nitrogens with one attached hydrogen (secondary N) is 1. The van der Waals surface area contributed by atoms with Crippen LogP contribution in [0.25, 0.3) is 0 Å². The summed E-state index contributed by atoms with van der Waals surface area (Å²) in [4.78, 5) is 16.1. The molecule has 0 amide bonds. The van der Waals surface area contributed by atoms with Crippen molar-refractivity contribution >= 4 is 39.2 Å². The number of rotatable bonds is 6. The minimum absolute atomic E-state index is 0.0596. The molecule has 30 heavy (non-hydrogen) atoms. The molecule has 2 N–H and O–H groups in total. The Labute approximate surface area is 186 Å². The van der Waals surface area contributed by atoms with Gasteiger partial charge in [-0.25, -0.2) is 14.2 Å². The summed E-state index contributed by atoms with van der Waals surface area (Å²) in [5, 5.41) is 22.1. The fourth-order valence-electron chi connectivity index (χ4n) is 3.15. The van der Waals surface area contributed by atoms with E-state index >= 15 is 0 Å². The zero-order chi connectivity index (χ0) is 22.0. The first-order valence-electron chi connectivity index (χ1n) is 8.95. The van der Waals surface area contributed by atoms with E-state index in [2.05, 4.69) is 32.3 Å². The summed E-state index contributed by atoms with van der Waals surface area (Å²) in [6.45, 7) is 3.82. The van der Waals surface area contributed by atoms with Crippen molar-refractivity contribution in [2.75, 3.05) is 5.32 Å². The molecule has 9 heteroatoms. The predicted octanol–water partition coefficient (Wildman–Crippen LogP) is 5.79. The molecule has 3 aromatic rings. The number of anilines is 1. The van der Waals surface area contributed by atoms with Gasteiger partial charge in [0.15, 0.2) is 10.4 Å². The van der Waals surface area contributed by atoms with Crippen molar-refractivity contribution in [2.45, 2.75) is 25.9 Å². The number of hydrogen-bond acceptors (Lipinski definition) is 4. The molecular formula is C21H17BrClFN4O2. The van der Waals surface area contributed by atoms with Gasteiger partial charge in [0.25, 0.3) is 0 Å². The lowest BCUT2D eigenvalue weighted by atomic mass is 9.99. The second-order valence-corrected chi connectivity index (χ2v) is 7.94. The van der Waals surface area contributed by atoms with Crippen LogP contribution in [0.5, 0.6) is 0 Å². The van der Waals surface area contributed by atoms with Crippen molar-refractivity contribution in [2.24, 2.45) is 0 Å². The normalized spacial score (nSPS) is 11.9. The fourth-order valence-corrected chi connectivity index (χ4v) is 4.11. The first-order valence-corrected chi connectivity index (χ1v) is 10.1. The minimum atomic E-state index is -1.18. The number of benzene rings is 2. The number of nitriles is 1. The first-order chi connectivity index (χ1) is 14.2. The van der Waals surface area contributed by atoms with Crippen LogP contribution in [0.2, 0.25) is 5.02 Å².